The fraction of sp³-hybridized carbons (Fsp3) is 0.259. The topological polar surface area (TPSA) is 92.8 Å². The van der Waals surface area contributed by atoms with E-state index in [9.17, 15) is 18.0 Å². The van der Waals surface area contributed by atoms with Gasteiger partial charge in [0, 0.05) is 43.3 Å². The highest BCUT2D eigenvalue weighted by molar-refractivity contribution is 7.90. The van der Waals surface area contributed by atoms with Gasteiger partial charge < -0.3 is 18.8 Å². The van der Waals surface area contributed by atoms with Crippen LogP contribution in [0.4, 0.5) is 0 Å². The number of hydrogen-bond donors (Lipinski definition) is 0. The Balaban J connectivity index is 1.33. The van der Waals surface area contributed by atoms with Crippen LogP contribution in [-0.2, 0) is 26.9 Å². The number of aryl methyl sites for hydroxylation is 1. The highest BCUT2D eigenvalue weighted by Gasteiger charge is 2.27. The lowest BCUT2D eigenvalue weighted by Crippen LogP contribution is -2.51. The minimum absolute atomic E-state index is 0.0204. The van der Waals surface area contributed by atoms with E-state index in [1.165, 1.54) is 6.26 Å². The summed E-state index contributed by atoms with van der Waals surface area (Å²) in [5.74, 6) is -0.128. The monoisotopic (exact) mass is 505 g/mol. The molecule has 0 unspecified atom stereocenters. The number of aromatic nitrogens is 1. The number of nitrogens with zero attached hydrogens (tertiary/aromatic N) is 3. The first-order valence-corrected chi connectivity index (χ1v) is 13.4. The van der Waals surface area contributed by atoms with Gasteiger partial charge in [-0.05, 0) is 36.2 Å². The van der Waals surface area contributed by atoms with Crippen molar-refractivity contribution in [2.45, 2.75) is 24.1 Å². The molecular formula is C27H27N3O5S. The molecule has 2 aromatic heterocycles. The molecule has 0 N–H and O–H groups in total. The molecule has 3 heterocycles. The lowest BCUT2D eigenvalue weighted by molar-refractivity contribution is -0.133. The fourth-order valence-corrected chi connectivity index (χ4v) is 6.29. The van der Waals surface area contributed by atoms with E-state index in [0.29, 0.717) is 37.1 Å². The second kappa shape index (κ2) is 9.66. The second-order valence-corrected chi connectivity index (χ2v) is 10.9. The van der Waals surface area contributed by atoms with Crippen molar-refractivity contribution in [2.24, 2.45) is 0 Å². The van der Waals surface area contributed by atoms with Gasteiger partial charge >= 0.3 is 0 Å². The average molecular weight is 506 g/mol. The van der Waals surface area contributed by atoms with Crippen LogP contribution in [0.25, 0.3) is 10.9 Å². The molecule has 1 fully saturated rings. The number of rotatable bonds is 6. The zero-order chi connectivity index (χ0) is 25.3. The number of fused-ring (bicyclic) bond motifs is 1. The molecule has 186 valence electrons. The predicted molar refractivity (Wildman–Crippen MR) is 135 cm³/mol. The van der Waals surface area contributed by atoms with Crippen molar-refractivity contribution in [1.82, 2.24) is 14.4 Å². The molecule has 1 aliphatic heterocycles. The summed E-state index contributed by atoms with van der Waals surface area (Å²) in [7, 11) is -3.64. The molecule has 0 saturated carbocycles. The Morgan fingerprint density at radius 3 is 2.31 bits per heavy atom. The number of carbonyl (C=O) groups is 2. The first-order chi connectivity index (χ1) is 17.3. The van der Waals surface area contributed by atoms with E-state index < -0.39 is 9.84 Å². The van der Waals surface area contributed by atoms with Crippen molar-refractivity contribution in [3.05, 3.63) is 90.0 Å². The van der Waals surface area contributed by atoms with E-state index in [-0.39, 0.29) is 34.8 Å². The molecule has 2 aromatic carbocycles. The summed E-state index contributed by atoms with van der Waals surface area (Å²) in [6.07, 6.45) is 3.04. The summed E-state index contributed by atoms with van der Waals surface area (Å²) in [6.45, 7) is 3.55. The lowest BCUT2D eigenvalue weighted by Gasteiger charge is -2.34. The smallest absolute Gasteiger partial charge is 0.289 e. The minimum Gasteiger partial charge on any atom is -0.459 e. The molecule has 1 saturated heterocycles. The van der Waals surface area contributed by atoms with Crippen LogP contribution in [-0.4, -0.2) is 60.8 Å². The number of hydrogen-bond acceptors (Lipinski definition) is 5. The number of amides is 2. The number of piperazine rings is 1. The molecule has 36 heavy (non-hydrogen) atoms. The van der Waals surface area contributed by atoms with Crippen LogP contribution in [0.15, 0.2) is 82.4 Å². The summed E-state index contributed by atoms with van der Waals surface area (Å²) in [4.78, 5) is 29.2. The van der Waals surface area contributed by atoms with Crippen molar-refractivity contribution in [2.75, 3.05) is 26.2 Å². The van der Waals surface area contributed by atoms with Crippen molar-refractivity contribution < 1.29 is 22.4 Å². The van der Waals surface area contributed by atoms with Crippen LogP contribution in [0.2, 0.25) is 0 Å². The van der Waals surface area contributed by atoms with Gasteiger partial charge in [-0.2, -0.15) is 0 Å². The molecule has 4 aromatic rings. The maximum atomic E-state index is 13.4. The molecule has 0 radical (unpaired) electrons. The Morgan fingerprint density at radius 2 is 1.58 bits per heavy atom. The Labute approximate surface area is 209 Å². The molecule has 5 rings (SSSR count). The standard InChI is InChI=1S/C27H27N3O5S/c1-20-7-2-3-8-21(20)19-36(33,34)25-17-30(23-10-5-4-9-22(23)25)18-26(31)28-12-14-29(15-13-28)27(32)24-11-6-16-35-24/h2-11,16-17H,12-15,18-19H2,1H3. The number of carbonyl (C=O) groups excluding carboxylic acids is 2. The lowest BCUT2D eigenvalue weighted by atomic mass is 10.1. The highest BCUT2D eigenvalue weighted by Crippen LogP contribution is 2.29. The molecule has 1 aliphatic rings. The van der Waals surface area contributed by atoms with Gasteiger partial charge in [-0.3, -0.25) is 9.59 Å². The third-order valence-electron chi connectivity index (χ3n) is 6.65. The Kier molecular flexibility index (Phi) is 6.40. The van der Waals surface area contributed by atoms with Crippen LogP contribution >= 0.6 is 0 Å². The predicted octanol–water partition coefficient (Wildman–Crippen LogP) is 3.50. The third kappa shape index (κ3) is 4.66. The minimum atomic E-state index is -3.64. The van der Waals surface area contributed by atoms with E-state index in [1.807, 2.05) is 43.3 Å². The third-order valence-corrected chi connectivity index (χ3v) is 8.34. The molecule has 0 atom stereocenters. The Morgan fingerprint density at radius 1 is 0.889 bits per heavy atom. The zero-order valence-electron chi connectivity index (χ0n) is 20.0. The van der Waals surface area contributed by atoms with Crippen molar-refractivity contribution in [3.63, 3.8) is 0 Å². The summed E-state index contributed by atoms with van der Waals surface area (Å²) in [6, 6.07) is 18.0. The SMILES string of the molecule is Cc1ccccc1CS(=O)(=O)c1cn(CC(=O)N2CCN(C(=O)c3ccco3)CC2)c2ccccc12. The van der Waals surface area contributed by atoms with Crippen LogP contribution < -0.4 is 0 Å². The van der Waals surface area contributed by atoms with Crippen molar-refractivity contribution in [1.29, 1.82) is 0 Å². The van der Waals surface area contributed by atoms with Crippen molar-refractivity contribution in [3.8, 4) is 0 Å². The van der Waals surface area contributed by atoms with Gasteiger partial charge in [-0.1, -0.05) is 42.5 Å². The first-order valence-electron chi connectivity index (χ1n) is 11.8. The van der Waals surface area contributed by atoms with Gasteiger partial charge in [0.15, 0.2) is 15.6 Å². The van der Waals surface area contributed by atoms with Gasteiger partial charge in [-0.15, -0.1) is 0 Å². The highest BCUT2D eigenvalue weighted by atomic mass is 32.2. The first kappa shape index (κ1) is 23.9. The average Bonchev–Trinajstić information content (AvgIpc) is 3.54. The van der Waals surface area contributed by atoms with Gasteiger partial charge in [0.2, 0.25) is 5.91 Å². The van der Waals surface area contributed by atoms with Gasteiger partial charge in [0.1, 0.15) is 6.54 Å². The summed E-state index contributed by atoms with van der Waals surface area (Å²) >= 11 is 0. The maximum Gasteiger partial charge on any atom is 0.289 e. The van der Waals surface area contributed by atoms with Crippen LogP contribution in [0.5, 0.6) is 0 Å². The van der Waals surface area contributed by atoms with Crippen molar-refractivity contribution >= 4 is 32.6 Å². The molecule has 9 heteroatoms. The zero-order valence-corrected chi connectivity index (χ0v) is 20.8. The maximum absolute atomic E-state index is 13.4. The van der Waals surface area contributed by atoms with Crippen LogP contribution in [0, 0.1) is 6.92 Å². The summed E-state index contributed by atoms with van der Waals surface area (Å²) in [5, 5.41) is 0.604. The van der Waals surface area contributed by atoms with Gasteiger partial charge in [0.25, 0.3) is 5.91 Å². The quantitative estimate of drug-likeness (QED) is 0.400. The van der Waals surface area contributed by atoms with E-state index in [2.05, 4.69) is 0 Å². The summed E-state index contributed by atoms with van der Waals surface area (Å²) < 4.78 is 33.7. The Hall–Kier alpha value is -3.85. The fourth-order valence-electron chi connectivity index (χ4n) is 4.61. The van der Waals surface area contributed by atoms with E-state index in [0.717, 1.165) is 11.1 Å². The normalized spacial score (nSPS) is 14.4. The largest absolute Gasteiger partial charge is 0.459 e. The van der Waals surface area contributed by atoms with E-state index in [1.54, 1.807) is 44.8 Å². The molecule has 8 nitrogen and oxygen atoms in total. The van der Waals surface area contributed by atoms with E-state index >= 15 is 0 Å². The number of benzene rings is 2. The molecule has 0 aliphatic carbocycles. The van der Waals surface area contributed by atoms with Crippen LogP contribution in [0.1, 0.15) is 21.7 Å². The number of sulfone groups is 1. The van der Waals surface area contributed by atoms with Gasteiger partial charge in [0.05, 0.1) is 16.9 Å². The Bertz CT molecular complexity index is 1510. The summed E-state index contributed by atoms with van der Waals surface area (Å²) in [5.41, 5.74) is 2.37. The van der Waals surface area contributed by atoms with Crippen LogP contribution in [0.3, 0.4) is 0 Å². The van der Waals surface area contributed by atoms with E-state index in [4.69, 9.17) is 4.42 Å². The molecular weight excluding hydrogens is 478 g/mol. The molecule has 0 bridgehead atoms. The molecule has 0 spiro atoms. The van der Waals surface area contributed by atoms with Gasteiger partial charge in [-0.25, -0.2) is 8.42 Å². The number of para-hydroxylation sites is 1. The molecule has 2 amide bonds. The second-order valence-electron chi connectivity index (χ2n) is 8.97. The number of furan rings is 1.